The molecule has 1 N–H and O–H groups in total. The van der Waals surface area contributed by atoms with Gasteiger partial charge >= 0.3 is 5.97 Å². The molecule has 0 saturated carbocycles. The highest BCUT2D eigenvalue weighted by atomic mass is 16.5. The molecule has 5 nitrogen and oxygen atoms in total. The summed E-state index contributed by atoms with van der Waals surface area (Å²) in [6, 6.07) is 8.37. The minimum Gasteiger partial charge on any atom is -0.425 e. The van der Waals surface area contributed by atoms with Crippen LogP contribution in [-0.4, -0.2) is 22.9 Å². The molecule has 2 atom stereocenters. The van der Waals surface area contributed by atoms with Crippen LogP contribution in [0, 0.1) is 5.92 Å². The molecule has 0 aliphatic heterocycles. The number of nitrogens with zero attached hydrogens (tertiary/aromatic N) is 1. The number of nitrogens with one attached hydrogen (secondary N) is 1. The summed E-state index contributed by atoms with van der Waals surface area (Å²) in [5.74, 6) is -0.340. The Bertz CT molecular complexity index is 818. The van der Waals surface area contributed by atoms with Crippen LogP contribution in [0.3, 0.4) is 0 Å². The molecule has 2 unspecified atom stereocenters. The Morgan fingerprint density at radius 1 is 1.29 bits per heavy atom. The van der Waals surface area contributed by atoms with E-state index < -0.39 is 12.0 Å². The predicted octanol–water partition coefficient (Wildman–Crippen LogP) is 4.12. The van der Waals surface area contributed by atoms with Crippen molar-refractivity contribution in [3.8, 4) is 5.75 Å². The average Bonchev–Trinajstić information content (AvgIpc) is 2.73. The van der Waals surface area contributed by atoms with Gasteiger partial charge in [0.15, 0.2) is 0 Å². The number of hydrogen-bond acceptors (Lipinski definition) is 4. The molecule has 0 bridgehead atoms. The Labute approximate surface area is 166 Å². The van der Waals surface area contributed by atoms with Gasteiger partial charge in [-0.2, -0.15) is 0 Å². The molecule has 0 fully saturated rings. The molecule has 0 saturated heterocycles. The van der Waals surface area contributed by atoms with Crippen LogP contribution in [0.5, 0.6) is 5.75 Å². The molecule has 28 heavy (non-hydrogen) atoms. The number of hydrogen-bond donors (Lipinski definition) is 1. The lowest BCUT2D eigenvalue weighted by atomic mass is 9.98. The second-order valence-corrected chi connectivity index (χ2v) is 6.79. The Balaban J connectivity index is 2.19. The van der Waals surface area contributed by atoms with Gasteiger partial charge in [-0.25, -0.2) is 4.79 Å². The maximum atomic E-state index is 12.9. The molecule has 0 aliphatic carbocycles. The highest BCUT2D eigenvalue weighted by Crippen LogP contribution is 2.23. The van der Waals surface area contributed by atoms with Crippen molar-refractivity contribution in [1.29, 1.82) is 0 Å². The molecule has 1 aromatic heterocycles. The summed E-state index contributed by atoms with van der Waals surface area (Å²) in [6.07, 6.45) is 7.14. The van der Waals surface area contributed by atoms with Crippen molar-refractivity contribution in [3.05, 3.63) is 72.1 Å². The second kappa shape index (κ2) is 10.4. The van der Waals surface area contributed by atoms with Crippen LogP contribution in [-0.2, 0) is 17.6 Å². The zero-order valence-electron chi connectivity index (χ0n) is 16.8. The largest absolute Gasteiger partial charge is 0.425 e. The summed E-state index contributed by atoms with van der Waals surface area (Å²) in [4.78, 5) is 29.3. The van der Waals surface area contributed by atoms with Gasteiger partial charge in [-0.05, 0) is 48.1 Å². The van der Waals surface area contributed by atoms with Gasteiger partial charge in [0, 0.05) is 12.4 Å². The van der Waals surface area contributed by atoms with Crippen molar-refractivity contribution in [1.82, 2.24) is 10.3 Å². The zero-order chi connectivity index (χ0) is 20.5. The first kappa shape index (κ1) is 21.4. The van der Waals surface area contributed by atoms with Gasteiger partial charge in [0.1, 0.15) is 11.8 Å². The maximum Gasteiger partial charge on any atom is 0.334 e. The Kier molecular flexibility index (Phi) is 7.93. The fourth-order valence-corrected chi connectivity index (χ4v) is 2.86. The summed E-state index contributed by atoms with van der Waals surface area (Å²) in [7, 11) is 0. The second-order valence-electron chi connectivity index (χ2n) is 6.79. The van der Waals surface area contributed by atoms with E-state index in [9.17, 15) is 9.59 Å². The molecule has 1 amide bonds. The van der Waals surface area contributed by atoms with Gasteiger partial charge in [0.25, 0.3) is 5.91 Å². The fraction of sp³-hybridized carbons (Fsp3) is 0.348. The number of esters is 1. The van der Waals surface area contributed by atoms with Gasteiger partial charge in [-0.3, -0.25) is 9.78 Å². The normalized spacial score (nSPS) is 12.7. The van der Waals surface area contributed by atoms with E-state index in [1.165, 1.54) is 6.20 Å². The molecule has 1 aromatic carbocycles. The lowest BCUT2D eigenvalue weighted by molar-refractivity contribution is -0.137. The molecular weight excluding hydrogens is 352 g/mol. The summed E-state index contributed by atoms with van der Waals surface area (Å²) < 4.78 is 5.70. The standard InChI is InChI=1S/C23H28N2O3/c1-5-9-17-11-12-20(18(7-3)14-17)28-23(27)21(16(4)6-2)25-22(26)19-10-8-13-24-15-19/h5,8,10-16,21H,1,6-7,9H2,2-4H3,(H,25,26). The van der Waals surface area contributed by atoms with E-state index in [2.05, 4.69) is 16.9 Å². The number of amides is 1. The summed E-state index contributed by atoms with van der Waals surface area (Å²) in [5.41, 5.74) is 2.48. The van der Waals surface area contributed by atoms with E-state index in [0.29, 0.717) is 11.3 Å². The van der Waals surface area contributed by atoms with Gasteiger partial charge in [-0.15, -0.1) is 6.58 Å². The van der Waals surface area contributed by atoms with E-state index in [4.69, 9.17) is 4.74 Å². The number of aromatic nitrogens is 1. The van der Waals surface area contributed by atoms with Crippen molar-refractivity contribution in [2.24, 2.45) is 5.92 Å². The van der Waals surface area contributed by atoms with Crippen LogP contribution < -0.4 is 10.1 Å². The van der Waals surface area contributed by atoms with Crippen molar-refractivity contribution in [2.45, 2.75) is 46.1 Å². The number of rotatable bonds is 9. The first-order chi connectivity index (χ1) is 13.5. The molecule has 0 radical (unpaired) electrons. The highest BCUT2D eigenvalue weighted by molar-refractivity contribution is 5.96. The third-order valence-corrected chi connectivity index (χ3v) is 4.77. The lowest BCUT2D eigenvalue weighted by Gasteiger charge is -2.23. The number of benzene rings is 1. The average molecular weight is 380 g/mol. The first-order valence-corrected chi connectivity index (χ1v) is 9.65. The van der Waals surface area contributed by atoms with Crippen LogP contribution in [0.1, 0.15) is 48.7 Å². The highest BCUT2D eigenvalue weighted by Gasteiger charge is 2.28. The van der Waals surface area contributed by atoms with Crippen molar-refractivity contribution >= 4 is 11.9 Å². The molecule has 0 spiro atoms. The summed E-state index contributed by atoms with van der Waals surface area (Å²) in [6.45, 7) is 9.67. The van der Waals surface area contributed by atoms with Crippen LogP contribution in [0.15, 0.2) is 55.4 Å². The van der Waals surface area contributed by atoms with Crippen LogP contribution in [0.2, 0.25) is 0 Å². The summed E-state index contributed by atoms with van der Waals surface area (Å²) >= 11 is 0. The number of carbonyl (C=O) groups excluding carboxylic acids is 2. The van der Waals surface area contributed by atoms with E-state index >= 15 is 0 Å². The number of pyridine rings is 1. The first-order valence-electron chi connectivity index (χ1n) is 9.65. The third-order valence-electron chi connectivity index (χ3n) is 4.77. The SMILES string of the molecule is C=CCc1ccc(OC(=O)C(NC(=O)c2cccnc2)C(C)CC)c(CC)c1. The van der Waals surface area contributed by atoms with Crippen LogP contribution in [0.4, 0.5) is 0 Å². The topological polar surface area (TPSA) is 68.3 Å². The molecule has 5 heteroatoms. The third kappa shape index (κ3) is 5.52. The number of carbonyl (C=O) groups is 2. The van der Waals surface area contributed by atoms with E-state index in [0.717, 1.165) is 30.4 Å². The Morgan fingerprint density at radius 3 is 2.68 bits per heavy atom. The molecule has 2 aromatic rings. The van der Waals surface area contributed by atoms with Crippen molar-refractivity contribution in [2.75, 3.05) is 0 Å². The molecular formula is C23H28N2O3. The maximum absolute atomic E-state index is 12.9. The molecule has 0 aliphatic rings. The number of aryl methyl sites for hydroxylation is 1. The van der Waals surface area contributed by atoms with Crippen molar-refractivity contribution < 1.29 is 14.3 Å². The van der Waals surface area contributed by atoms with Gasteiger partial charge in [-0.1, -0.05) is 45.4 Å². The van der Waals surface area contributed by atoms with Crippen LogP contribution in [0.25, 0.3) is 0 Å². The lowest BCUT2D eigenvalue weighted by Crippen LogP contribution is -2.47. The van der Waals surface area contributed by atoms with Crippen molar-refractivity contribution in [3.63, 3.8) is 0 Å². The van der Waals surface area contributed by atoms with Gasteiger partial charge in [0.2, 0.25) is 0 Å². The predicted molar refractivity (Wildman–Crippen MR) is 110 cm³/mol. The minimum absolute atomic E-state index is 0.0711. The molecule has 2 rings (SSSR count). The van der Waals surface area contributed by atoms with E-state index in [1.807, 2.05) is 45.0 Å². The van der Waals surface area contributed by atoms with Crippen LogP contribution >= 0.6 is 0 Å². The summed E-state index contributed by atoms with van der Waals surface area (Å²) in [5, 5.41) is 2.81. The minimum atomic E-state index is -0.740. The quantitative estimate of drug-likeness (QED) is 0.404. The number of ether oxygens (including phenoxy) is 1. The van der Waals surface area contributed by atoms with Gasteiger partial charge in [0.05, 0.1) is 5.56 Å². The molecule has 148 valence electrons. The van der Waals surface area contributed by atoms with E-state index in [-0.39, 0.29) is 11.8 Å². The monoisotopic (exact) mass is 380 g/mol. The fourth-order valence-electron chi connectivity index (χ4n) is 2.86. The Hall–Kier alpha value is -2.95. The Morgan fingerprint density at radius 2 is 2.07 bits per heavy atom. The number of allylic oxidation sites excluding steroid dienone is 1. The van der Waals surface area contributed by atoms with E-state index in [1.54, 1.807) is 18.3 Å². The smallest absolute Gasteiger partial charge is 0.334 e. The van der Waals surface area contributed by atoms with Gasteiger partial charge < -0.3 is 10.1 Å². The molecule has 1 heterocycles. The zero-order valence-corrected chi connectivity index (χ0v) is 16.8.